The van der Waals surface area contributed by atoms with Gasteiger partial charge in [-0.15, -0.1) is 0 Å². The van der Waals surface area contributed by atoms with Crippen molar-refractivity contribution >= 4 is 38.8 Å². The Morgan fingerprint density at radius 3 is 2.81 bits per heavy atom. The number of benzene rings is 1. The molecule has 2 amide bonds. The molecule has 9 nitrogen and oxygen atoms in total. The van der Waals surface area contributed by atoms with Gasteiger partial charge in [-0.3, -0.25) is 9.36 Å². The Hall–Kier alpha value is -3.40. The van der Waals surface area contributed by atoms with Crippen LogP contribution in [-0.4, -0.2) is 28.2 Å². The maximum atomic E-state index is 13.0. The largest absolute Gasteiger partial charge is 0.464 e. The molecule has 2 N–H and O–H groups in total. The lowest BCUT2D eigenvalue weighted by Gasteiger charge is -2.28. The molecule has 0 saturated heterocycles. The van der Waals surface area contributed by atoms with Gasteiger partial charge in [0, 0.05) is 4.47 Å². The molecule has 0 unspecified atom stereocenters. The number of nitrogens with one attached hydrogen (secondary N) is 2. The van der Waals surface area contributed by atoms with Crippen molar-refractivity contribution in [3.05, 3.63) is 74.3 Å². The van der Waals surface area contributed by atoms with Gasteiger partial charge in [-0.25, -0.2) is 14.6 Å². The summed E-state index contributed by atoms with van der Waals surface area (Å²) in [5.74, 6) is 0.405. The van der Waals surface area contributed by atoms with Crippen LogP contribution in [-0.2, 0) is 16.1 Å². The lowest BCUT2D eigenvalue weighted by atomic mass is 10.00. The highest BCUT2D eigenvalue weighted by Gasteiger charge is 2.35. The molecule has 4 rings (SSSR count). The summed E-state index contributed by atoms with van der Waals surface area (Å²) in [6.45, 7) is 3.53. The van der Waals surface area contributed by atoms with Crippen molar-refractivity contribution in [2.24, 2.45) is 0 Å². The molecule has 10 heteroatoms. The number of urea groups is 1. The zero-order valence-corrected chi connectivity index (χ0v) is 18.4. The topological polar surface area (TPSA) is 115 Å². The van der Waals surface area contributed by atoms with E-state index in [-0.39, 0.29) is 30.0 Å². The van der Waals surface area contributed by atoms with Crippen LogP contribution in [0.15, 0.2) is 61.6 Å². The SMILES string of the molecule is CCOC(=O)C1=C(Cn2cnc3ccc(Br)cc3c2=O)NC(=O)N[C@H]1c1ccc(C)o1. The molecule has 2 aromatic heterocycles. The Balaban J connectivity index is 1.83. The minimum atomic E-state index is -0.852. The van der Waals surface area contributed by atoms with E-state index in [2.05, 4.69) is 31.5 Å². The molecule has 1 aromatic carbocycles. The van der Waals surface area contributed by atoms with E-state index in [1.165, 1.54) is 10.9 Å². The smallest absolute Gasteiger partial charge is 0.338 e. The maximum Gasteiger partial charge on any atom is 0.338 e. The number of halogens is 1. The Morgan fingerprint density at radius 2 is 2.10 bits per heavy atom. The molecule has 0 bridgehead atoms. The molecule has 0 spiro atoms. The van der Waals surface area contributed by atoms with Crippen LogP contribution in [0.1, 0.15) is 24.5 Å². The van der Waals surface area contributed by atoms with E-state index in [1.54, 1.807) is 44.2 Å². The Bertz CT molecular complexity index is 1280. The van der Waals surface area contributed by atoms with Crippen LogP contribution in [0.2, 0.25) is 0 Å². The molecule has 1 atom stereocenters. The molecule has 31 heavy (non-hydrogen) atoms. The first-order valence-electron chi connectivity index (χ1n) is 9.56. The van der Waals surface area contributed by atoms with Gasteiger partial charge >= 0.3 is 12.0 Å². The van der Waals surface area contributed by atoms with Gasteiger partial charge in [-0.05, 0) is 44.2 Å². The van der Waals surface area contributed by atoms with E-state index >= 15 is 0 Å². The number of nitrogens with zero attached hydrogens (tertiary/aromatic N) is 2. The molecule has 0 aliphatic carbocycles. The highest BCUT2D eigenvalue weighted by molar-refractivity contribution is 9.10. The lowest BCUT2D eigenvalue weighted by molar-refractivity contribution is -0.139. The summed E-state index contributed by atoms with van der Waals surface area (Å²) in [7, 11) is 0. The number of aromatic nitrogens is 2. The Labute approximate surface area is 185 Å². The maximum absolute atomic E-state index is 13.0. The van der Waals surface area contributed by atoms with Crippen molar-refractivity contribution in [2.45, 2.75) is 26.4 Å². The van der Waals surface area contributed by atoms with E-state index in [4.69, 9.17) is 9.15 Å². The standard InChI is InChI=1S/C21H19BrN4O5/c1-3-30-20(28)17-15(24-21(29)25-18(17)16-7-4-11(2)31-16)9-26-10-23-14-6-5-12(22)8-13(14)19(26)27/h4-8,10,18H,3,9H2,1-2H3,(H2,24,25,29)/t18-/m0/s1. The highest BCUT2D eigenvalue weighted by atomic mass is 79.9. The molecule has 0 saturated carbocycles. The van der Waals surface area contributed by atoms with Gasteiger partial charge in [-0.1, -0.05) is 15.9 Å². The number of ether oxygens (including phenoxy) is 1. The predicted molar refractivity (Wildman–Crippen MR) is 115 cm³/mol. The van der Waals surface area contributed by atoms with Gasteiger partial charge in [0.25, 0.3) is 5.56 Å². The quantitative estimate of drug-likeness (QED) is 0.535. The van der Waals surface area contributed by atoms with E-state index in [1.807, 2.05) is 0 Å². The first kappa shape index (κ1) is 20.9. The number of hydrogen-bond acceptors (Lipinski definition) is 6. The normalized spacial score (nSPS) is 16.2. The van der Waals surface area contributed by atoms with E-state index in [0.29, 0.717) is 22.4 Å². The molecule has 0 radical (unpaired) electrons. The molecule has 1 aliphatic rings. The van der Waals surface area contributed by atoms with Crippen LogP contribution in [0.5, 0.6) is 0 Å². The van der Waals surface area contributed by atoms with Gasteiger partial charge < -0.3 is 19.8 Å². The average molecular weight is 487 g/mol. The third kappa shape index (κ3) is 4.11. The van der Waals surface area contributed by atoms with Crippen LogP contribution < -0.4 is 16.2 Å². The average Bonchev–Trinajstić information content (AvgIpc) is 3.16. The van der Waals surface area contributed by atoms with Crippen LogP contribution in [0.3, 0.4) is 0 Å². The van der Waals surface area contributed by atoms with Crippen LogP contribution >= 0.6 is 15.9 Å². The highest BCUT2D eigenvalue weighted by Crippen LogP contribution is 2.29. The van der Waals surface area contributed by atoms with Crippen LogP contribution in [0.4, 0.5) is 4.79 Å². The first-order valence-corrected chi connectivity index (χ1v) is 10.4. The lowest BCUT2D eigenvalue weighted by Crippen LogP contribution is -2.47. The summed E-state index contributed by atoms with van der Waals surface area (Å²) in [5.41, 5.74) is 0.638. The number of hydrogen-bond donors (Lipinski definition) is 2. The Kier molecular flexibility index (Phi) is 5.64. The molecular formula is C21H19BrN4O5. The van der Waals surface area contributed by atoms with E-state index in [0.717, 1.165) is 4.47 Å². The van der Waals surface area contributed by atoms with Crippen molar-refractivity contribution < 1.29 is 18.7 Å². The summed E-state index contributed by atoms with van der Waals surface area (Å²) in [4.78, 5) is 42.5. The fourth-order valence-electron chi connectivity index (χ4n) is 3.43. The van der Waals surface area contributed by atoms with Crippen molar-refractivity contribution in [3.8, 4) is 0 Å². The first-order chi connectivity index (χ1) is 14.9. The van der Waals surface area contributed by atoms with Crippen molar-refractivity contribution in [2.75, 3.05) is 6.61 Å². The summed E-state index contributed by atoms with van der Waals surface area (Å²) < 4.78 is 12.9. The zero-order valence-electron chi connectivity index (χ0n) is 16.8. The Morgan fingerprint density at radius 1 is 1.29 bits per heavy atom. The number of rotatable bonds is 5. The summed E-state index contributed by atoms with van der Waals surface area (Å²) in [6.07, 6.45) is 1.38. The van der Waals surface area contributed by atoms with Crippen LogP contribution in [0.25, 0.3) is 10.9 Å². The minimum absolute atomic E-state index is 0.0773. The molecule has 160 valence electrons. The molecule has 3 heterocycles. The fourth-order valence-corrected chi connectivity index (χ4v) is 3.79. The third-order valence-corrected chi connectivity index (χ3v) is 5.30. The number of carbonyl (C=O) groups is 2. The molecular weight excluding hydrogens is 468 g/mol. The van der Waals surface area contributed by atoms with Gasteiger partial charge in [0.05, 0.1) is 41.7 Å². The van der Waals surface area contributed by atoms with Crippen LogP contribution in [0, 0.1) is 6.92 Å². The number of allylic oxidation sites excluding steroid dienone is 1. The number of fused-ring (bicyclic) bond motifs is 1. The number of esters is 1. The van der Waals surface area contributed by atoms with E-state index < -0.39 is 18.0 Å². The minimum Gasteiger partial charge on any atom is -0.464 e. The molecule has 3 aromatic rings. The monoisotopic (exact) mass is 486 g/mol. The third-order valence-electron chi connectivity index (χ3n) is 4.81. The van der Waals surface area contributed by atoms with E-state index in [9.17, 15) is 14.4 Å². The van der Waals surface area contributed by atoms with Crippen molar-refractivity contribution in [3.63, 3.8) is 0 Å². The zero-order chi connectivity index (χ0) is 22.1. The summed E-state index contributed by atoms with van der Waals surface area (Å²) >= 11 is 3.36. The number of amides is 2. The number of furan rings is 1. The van der Waals surface area contributed by atoms with Gasteiger partial charge in [0.15, 0.2) is 0 Å². The molecule has 0 fully saturated rings. The predicted octanol–water partition coefficient (Wildman–Crippen LogP) is 2.93. The summed E-state index contributed by atoms with van der Waals surface area (Å²) in [6, 6.07) is 7.25. The number of aryl methyl sites for hydroxylation is 1. The second kappa shape index (κ2) is 8.38. The second-order valence-corrected chi connectivity index (χ2v) is 7.85. The van der Waals surface area contributed by atoms with Gasteiger partial charge in [0.2, 0.25) is 0 Å². The van der Waals surface area contributed by atoms with Gasteiger partial charge in [-0.2, -0.15) is 0 Å². The second-order valence-electron chi connectivity index (χ2n) is 6.93. The number of carbonyl (C=O) groups excluding carboxylic acids is 2. The van der Waals surface area contributed by atoms with Crippen molar-refractivity contribution in [1.29, 1.82) is 0 Å². The van der Waals surface area contributed by atoms with Gasteiger partial charge in [0.1, 0.15) is 17.6 Å². The molecule has 1 aliphatic heterocycles. The summed E-state index contributed by atoms with van der Waals surface area (Å²) in [5, 5.41) is 5.74. The fraction of sp³-hybridized carbons (Fsp3) is 0.238. The van der Waals surface area contributed by atoms with Crippen molar-refractivity contribution in [1.82, 2.24) is 20.2 Å².